The molecular formula is C19H25BrN2O4. The number of piperazine rings is 1. The molecule has 1 aromatic carbocycles. The number of amides is 2. The van der Waals surface area contributed by atoms with Gasteiger partial charge in [-0.05, 0) is 61.7 Å². The quantitative estimate of drug-likeness (QED) is 0.726. The van der Waals surface area contributed by atoms with Crippen LogP contribution in [0.1, 0.15) is 44.0 Å². The van der Waals surface area contributed by atoms with E-state index in [-0.39, 0.29) is 17.5 Å². The summed E-state index contributed by atoms with van der Waals surface area (Å²) in [6.07, 6.45) is 1.48. The Hall–Kier alpha value is -1.76. The summed E-state index contributed by atoms with van der Waals surface area (Å²) in [6.45, 7) is 7.04. The van der Waals surface area contributed by atoms with E-state index in [0.717, 1.165) is 12.8 Å². The van der Waals surface area contributed by atoms with Crippen LogP contribution in [0, 0.1) is 0 Å². The Morgan fingerprint density at radius 1 is 1.19 bits per heavy atom. The van der Waals surface area contributed by atoms with Crippen molar-refractivity contribution < 1.29 is 19.1 Å². The Morgan fingerprint density at radius 2 is 1.88 bits per heavy atom. The number of rotatable bonds is 2. The first-order valence-corrected chi connectivity index (χ1v) is 9.59. The number of hydrogen-bond acceptors (Lipinski definition) is 4. The topological polar surface area (TPSA) is 59.1 Å². The van der Waals surface area contributed by atoms with Crippen LogP contribution in [0.5, 0.6) is 5.75 Å². The van der Waals surface area contributed by atoms with E-state index in [1.807, 2.05) is 37.8 Å². The minimum Gasteiger partial charge on any atom is -0.496 e. The van der Waals surface area contributed by atoms with E-state index in [0.29, 0.717) is 35.4 Å². The summed E-state index contributed by atoms with van der Waals surface area (Å²) in [5.41, 5.74) is -0.276. The zero-order valence-electron chi connectivity index (χ0n) is 15.7. The van der Waals surface area contributed by atoms with Gasteiger partial charge in [0.15, 0.2) is 0 Å². The summed E-state index contributed by atoms with van der Waals surface area (Å²) >= 11 is 3.47. The molecule has 0 aromatic heterocycles. The summed E-state index contributed by atoms with van der Waals surface area (Å²) in [7, 11) is 1.56. The average molecular weight is 425 g/mol. The Labute approximate surface area is 162 Å². The van der Waals surface area contributed by atoms with Gasteiger partial charge < -0.3 is 19.3 Å². The second-order valence-electron chi connectivity index (χ2n) is 7.90. The van der Waals surface area contributed by atoms with Crippen molar-refractivity contribution >= 4 is 27.9 Å². The Balaban J connectivity index is 1.78. The lowest BCUT2D eigenvalue weighted by atomic mass is 10.1. The van der Waals surface area contributed by atoms with Crippen LogP contribution in [-0.4, -0.2) is 59.7 Å². The number of carbonyl (C=O) groups is 2. The molecule has 1 spiro atoms. The van der Waals surface area contributed by atoms with Crippen molar-refractivity contribution in [1.29, 1.82) is 0 Å². The third-order valence-corrected chi connectivity index (χ3v) is 5.45. The van der Waals surface area contributed by atoms with Gasteiger partial charge >= 0.3 is 6.09 Å². The van der Waals surface area contributed by atoms with Crippen LogP contribution in [0.4, 0.5) is 4.79 Å². The summed E-state index contributed by atoms with van der Waals surface area (Å²) in [6, 6.07) is 5.47. The van der Waals surface area contributed by atoms with Crippen molar-refractivity contribution in [2.75, 3.05) is 26.7 Å². The zero-order chi connectivity index (χ0) is 19.1. The van der Waals surface area contributed by atoms with Crippen LogP contribution in [0.2, 0.25) is 0 Å². The van der Waals surface area contributed by atoms with E-state index in [9.17, 15) is 9.59 Å². The molecule has 2 aliphatic rings. The number of methoxy groups -OCH3 is 1. The second-order valence-corrected chi connectivity index (χ2v) is 8.75. The first-order valence-electron chi connectivity index (χ1n) is 8.79. The fourth-order valence-electron chi connectivity index (χ4n) is 3.37. The third kappa shape index (κ3) is 3.68. The maximum Gasteiger partial charge on any atom is 0.410 e. The van der Waals surface area contributed by atoms with Crippen LogP contribution >= 0.6 is 15.9 Å². The van der Waals surface area contributed by atoms with E-state index >= 15 is 0 Å². The number of nitrogens with zero attached hydrogens (tertiary/aromatic N) is 2. The van der Waals surface area contributed by atoms with Gasteiger partial charge in [0.2, 0.25) is 0 Å². The van der Waals surface area contributed by atoms with Crippen LogP contribution < -0.4 is 4.74 Å². The number of halogens is 1. The molecule has 2 fully saturated rings. The predicted molar refractivity (Wildman–Crippen MR) is 102 cm³/mol. The molecule has 1 heterocycles. The first-order chi connectivity index (χ1) is 12.2. The molecule has 6 nitrogen and oxygen atoms in total. The van der Waals surface area contributed by atoms with Gasteiger partial charge in [-0.15, -0.1) is 0 Å². The fourth-order valence-corrected chi connectivity index (χ4v) is 3.88. The molecule has 0 radical (unpaired) electrons. The maximum atomic E-state index is 13.2. The molecule has 1 saturated heterocycles. The standard InChI is InChI=1S/C19H25BrN2O4/c1-18(2,3)26-17(24)21-10-11-22(19(12-21)8-9-19)16(23)15-13(20)6-5-7-14(15)25-4/h5-7H,8-12H2,1-4H3. The van der Waals surface area contributed by atoms with Crippen LogP contribution in [0.25, 0.3) is 0 Å². The lowest BCUT2D eigenvalue weighted by Crippen LogP contribution is -2.58. The van der Waals surface area contributed by atoms with E-state index in [1.54, 1.807) is 18.1 Å². The molecule has 0 unspecified atom stereocenters. The van der Waals surface area contributed by atoms with Gasteiger partial charge in [-0.1, -0.05) is 6.07 Å². The Morgan fingerprint density at radius 3 is 2.46 bits per heavy atom. The second kappa shape index (κ2) is 6.76. The predicted octanol–water partition coefficient (Wildman–Crippen LogP) is 3.68. The molecule has 1 aliphatic heterocycles. The van der Waals surface area contributed by atoms with Crippen LogP contribution in [0.15, 0.2) is 22.7 Å². The molecule has 0 N–H and O–H groups in total. The van der Waals surface area contributed by atoms with E-state index in [2.05, 4.69) is 15.9 Å². The van der Waals surface area contributed by atoms with Gasteiger partial charge in [-0.3, -0.25) is 4.79 Å². The highest BCUT2D eigenvalue weighted by Gasteiger charge is 2.54. The number of ether oxygens (including phenoxy) is 2. The lowest BCUT2D eigenvalue weighted by Gasteiger charge is -2.42. The van der Waals surface area contributed by atoms with Gasteiger partial charge in [0, 0.05) is 24.1 Å². The van der Waals surface area contributed by atoms with E-state index < -0.39 is 5.60 Å². The van der Waals surface area contributed by atoms with Gasteiger partial charge in [0.1, 0.15) is 11.4 Å². The molecule has 1 aliphatic carbocycles. The summed E-state index contributed by atoms with van der Waals surface area (Å²) in [5, 5.41) is 0. The molecule has 2 amide bonds. The summed E-state index contributed by atoms with van der Waals surface area (Å²) < 4.78 is 11.6. The largest absolute Gasteiger partial charge is 0.496 e. The van der Waals surface area contributed by atoms with Gasteiger partial charge in [-0.25, -0.2) is 4.79 Å². The Kier molecular flexibility index (Phi) is 4.94. The summed E-state index contributed by atoms with van der Waals surface area (Å²) in [4.78, 5) is 29.3. The van der Waals surface area contributed by atoms with E-state index in [4.69, 9.17) is 9.47 Å². The minimum atomic E-state index is -0.525. The molecule has 3 rings (SSSR count). The van der Waals surface area contributed by atoms with Crippen molar-refractivity contribution in [2.24, 2.45) is 0 Å². The first kappa shape index (κ1) is 19.0. The van der Waals surface area contributed by atoms with Gasteiger partial charge in [0.25, 0.3) is 5.91 Å². The molecule has 26 heavy (non-hydrogen) atoms. The number of carbonyl (C=O) groups excluding carboxylic acids is 2. The molecule has 142 valence electrons. The molecule has 7 heteroatoms. The van der Waals surface area contributed by atoms with Crippen molar-refractivity contribution in [1.82, 2.24) is 9.80 Å². The third-order valence-electron chi connectivity index (χ3n) is 4.78. The highest BCUT2D eigenvalue weighted by atomic mass is 79.9. The smallest absolute Gasteiger partial charge is 0.410 e. The summed E-state index contributed by atoms with van der Waals surface area (Å²) in [5.74, 6) is 0.491. The average Bonchev–Trinajstić information content (AvgIpc) is 3.31. The van der Waals surface area contributed by atoms with E-state index in [1.165, 1.54) is 0 Å². The number of hydrogen-bond donors (Lipinski definition) is 0. The Bertz CT molecular complexity index is 725. The van der Waals surface area contributed by atoms with Gasteiger partial charge in [0.05, 0.1) is 18.2 Å². The minimum absolute atomic E-state index is 0.0596. The number of benzene rings is 1. The van der Waals surface area contributed by atoms with Crippen LogP contribution in [0.3, 0.4) is 0 Å². The molecule has 1 saturated carbocycles. The maximum absolute atomic E-state index is 13.2. The monoisotopic (exact) mass is 424 g/mol. The fraction of sp³-hybridized carbons (Fsp3) is 0.579. The highest BCUT2D eigenvalue weighted by Crippen LogP contribution is 2.46. The molecule has 0 bridgehead atoms. The van der Waals surface area contributed by atoms with Crippen molar-refractivity contribution in [3.05, 3.63) is 28.2 Å². The molecule has 1 aromatic rings. The van der Waals surface area contributed by atoms with Crippen LogP contribution in [-0.2, 0) is 4.74 Å². The zero-order valence-corrected chi connectivity index (χ0v) is 17.3. The van der Waals surface area contributed by atoms with Crippen molar-refractivity contribution in [3.8, 4) is 5.75 Å². The van der Waals surface area contributed by atoms with Crippen molar-refractivity contribution in [2.45, 2.75) is 44.8 Å². The van der Waals surface area contributed by atoms with Gasteiger partial charge in [-0.2, -0.15) is 0 Å². The lowest BCUT2D eigenvalue weighted by molar-refractivity contribution is 0.000536. The SMILES string of the molecule is COc1cccc(Br)c1C(=O)N1CCN(C(=O)OC(C)(C)C)CC12CC2. The van der Waals surface area contributed by atoms with Crippen molar-refractivity contribution in [3.63, 3.8) is 0 Å². The normalized spacial score (nSPS) is 18.7. The molecular weight excluding hydrogens is 400 g/mol. The highest BCUT2D eigenvalue weighted by molar-refractivity contribution is 9.10. The molecule has 0 atom stereocenters.